The number of nitrogens with one attached hydrogen (secondary N) is 3. The number of carboxylic acids is 2. The lowest BCUT2D eigenvalue weighted by Gasteiger charge is -2.28. The number of carbonyl (C=O) groups is 4. The highest BCUT2D eigenvalue weighted by Gasteiger charge is 2.32. The summed E-state index contributed by atoms with van der Waals surface area (Å²) in [5, 5.41) is 24.0. The second-order valence-corrected chi connectivity index (χ2v) is 13.1. The smallest absolute Gasteiger partial charge is 0.303 e. The molecule has 0 aliphatic heterocycles. The molecule has 5 N–H and O–H groups in total. The molecule has 15 heteroatoms. The van der Waals surface area contributed by atoms with Crippen LogP contribution >= 0.6 is 0 Å². The lowest BCUT2D eigenvalue weighted by atomic mass is 9.97. The number of hydrogen-bond acceptors (Lipinski definition) is 8. The molecule has 0 saturated carbocycles. The Morgan fingerprint density at radius 2 is 1.45 bits per heavy atom. The van der Waals surface area contributed by atoms with Gasteiger partial charge in [-0.1, -0.05) is 44.0 Å². The largest absolute Gasteiger partial charge is 0.481 e. The predicted octanol–water partition coefficient (Wildman–Crippen LogP) is 0.946. The normalized spacial score (nSPS) is 15.1. The van der Waals surface area contributed by atoms with Crippen molar-refractivity contribution in [2.24, 2.45) is 5.92 Å². The van der Waals surface area contributed by atoms with E-state index in [1.165, 1.54) is 12.1 Å². The first-order chi connectivity index (χ1) is 18.4. The van der Waals surface area contributed by atoms with Gasteiger partial charge in [0.05, 0.1) is 4.90 Å². The predicted molar refractivity (Wildman–Crippen MR) is 146 cm³/mol. The number of sulfonamides is 1. The van der Waals surface area contributed by atoms with Crippen LogP contribution in [0.25, 0.3) is 0 Å². The Labute approximate surface area is 234 Å². The first-order valence-electron chi connectivity index (χ1n) is 12.5. The quantitative estimate of drug-likeness (QED) is 0.170. The van der Waals surface area contributed by atoms with Gasteiger partial charge in [0.15, 0.2) is 9.84 Å². The van der Waals surface area contributed by atoms with E-state index in [1.807, 2.05) is 0 Å². The van der Waals surface area contributed by atoms with Crippen LogP contribution in [-0.2, 0) is 39.0 Å². The van der Waals surface area contributed by atoms with E-state index in [4.69, 9.17) is 10.2 Å². The van der Waals surface area contributed by atoms with Crippen molar-refractivity contribution in [3.63, 3.8) is 0 Å². The van der Waals surface area contributed by atoms with Gasteiger partial charge in [0.1, 0.15) is 12.1 Å². The molecule has 1 unspecified atom stereocenters. The minimum Gasteiger partial charge on any atom is -0.481 e. The van der Waals surface area contributed by atoms with Crippen molar-refractivity contribution in [1.29, 1.82) is 0 Å². The molecule has 0 fully saturated rings. The van der Waals surface area contributed by atoms with Crippen LogP contribution in [0.4, 0.5) is 0 Å². The number of hydrogen-bond donors (Lipinski definition) is 5. The summed E-state index contributed by atoms with van der Waals surface area (Å²) < 4.78 is 51.1. The SMILES string of the molecule is CCC(C)[C@H](NC(=O)[C@H](CCC(=O)O)NS(=O)(=O)c1ccc(C)cc1)C(=O)N[C@H](/C=C/S(C)(=O)=O)CCC(=O)O. The van der Waals surface area contributed by atoms with Gasteiger partial charge in [-0.3, -0.25) is 19.2 Å². The molecule has 0 aliphatic carbocycles. The molecule has 0 aromatic heterocycles. The second-order valence-electron chi connectivity index (χ2n) is 9.50. The monoisotopic (exact) mass is 603 g/mol. The zero-order valence-corrected chi connectivity index (χ0v) is 24.4. The van der Waals surface area contributed by atoms with Crippen LogP contribution in [0.15, 0.2) is 40.6 Å². The lowest BCUT2D eigenvalue weighted by molar-refractivity contribution is -0.138. The van der Waals surface area contributed by atoms with Crippen molar-refractivity contribution >= 4 is 43.6 Å². The third-order valence-corrected chi connectivity index (χ3v) is 8.08. The van der Waals surface area contributed by atoms with Crippen LogP contribution in [0, 0.1) is 12.8 Å². The first-order valence-corrected chi connectivity index (χ1v) is 15.9. The van der Waals surface area contributed by atoms with Crippen LogP contribution in [0.2, 0.25) is 0 Å². The third-order valence-electron chi connectivity index (χ3n) is 5.94. The molecule has 224 valence electrons. The fourth-order valence-corrected chi connectivity index (χ4v) is 5.15. The topological polar surface area (TPSA) is 213 Å². The van der Waals surface area contributed by atoms with Gasteiger partial charge < -0.3 is 20.8 Å². The number of aliphatic carboxylic acids is 2. The molecule has 1 aromatic rings. The highest BCUT2D eigenvalue weighted by atomic mass is 32.2. The van der Waals surface area contributed by atoms with Crippen LogP contribution < -0.4 is 15.4 Å². The number of amides is 2. The summed E-state index contributed by atoms with van der Waals surface area (Å²) >= 11 is 0. The lowest BCUT2D eigenvalue weighted by Crippen LogP contribution is -2.56. The summed E-state index contributed by atoms with van der Waals surface area (Å²) in [6, 6.07) is 2.03. The Kier molecular flexibility index (Phi) is 13.4. The molecule has 1 rings (SSSR count). The zero-order chi connectivity index (χ0) is 30.7. The number of sulfone groups is 1. The van der Waals surface area contributed by atoms with E-state index < -0.39 is 80.5 Å². The van der Waals surface area contributed by atoms with Crippen molar-refractivity contribution in [3.8, 4) is 0 Å². The molecule has 0 radical (unpaired) electrons. The Morgan fingerprint density at radius 3 is 1.95 bits per heavy atom. The average Bonchev–Trinajstić information content (AvgIpc) is 2.85. The van der Waals surface area contributed by atoms with E-state index in [1.54, 1.807) is 32.9 Å². The highest BCUT2D eigenvalue weighted by Crippen LogP contribution is 2.14. The highest BCUT2D eigenvalue weighted by molar-refractivity contribution is 7.93. The molecular weight excluding hydrogens is 566 g/mol. The van der Waals surface area contributed by atoms with E-state index in [-0.39, 0.29) is 17.7 Å². The fraction of sp³-hybridized carbons (Fsp3) is 0.520. The number of rotatable bonds is 17. The Morgan fingerprint density at radius 1 is 0.900 bits per heavy atom. The molecular formula is C25H37N3O10S2. The Bertz CT molecular complexity index is 1290. The van der Waals surface area contributed by atoms with Gasteiger partial charge in [0.25, 0.3) is 0 Å². The molecule has 0 heterocycles. The van der Waals surface area contributed by atoms with Crippen molar-refractivity contribution < 1.29 is 46.2 Å². The number of carbonyl (C=O) groups excluding carboxylic acids is 2. The molecule has 40 heavy (non-hydrogen) atoms. The van der Waals surface area contributed by atoms with Gasteiger partial charge in [0, 0.05) is 30.5 Å². The molecule has 2 amide bonds. The first kappa shape index (κ1) is 34.7. The molecule has 1 aromatic carbocycles. The van der Waals surface area contributed by atoms with Crippen molar-refractivity contribution in [1.82, 2.24) is 15.4 Å². The molecule has 13 nitrogen and oxygen atoms in total. The molecule has 0 bridgehead atoms. The van der Waals surface area contributed by atoms with Crippen molar-refractivity contribution in [3.05, 3.63) is 41.3 Å². The zero-order valence-electron chi connectivity index (χ0n) is 22.8. The van der Waals surface area contributed by atoms with Gasteiger partial charge >= 0.3 is 11.9 Å². The molecule has 0 aliphatic rings. The molecule has 0 spiro atoms. The van der Waals surface area contributed by atoms with Gasteiger partial charge in [-0.25, -0.2) is 16.8 Å². The van der Waals surface area contributed by atoms with Gasteiger partial charge in [-0.15, -0.1) is 0 Å². The maximum Gasteiger partial charge on any atom is 0.303 e. The fourth-order valence-electron chi connectivity index (χ4n) is 3.45. The van der Waals surface area contributed by atoms with Crippen molar-refractivity contribution in [2.75, 3.05) is 6.26 Å². The van der Waals surface area contributed by atoms with Gasteiger partial charge in [0.2, 0.25) is 21.8 Å². The maximum absolute atomic E-state index is 13.2. The van der Waals surface area contributed by atoms with Crippen LogP contribution in [0.1, 0.15) is 51.5 Å². The standard InChI is InChI=1S/C25H37N3O10S2/c1-5-17(3)23(25(34)26-18(8-12-21(29)30)14-15-39(4,35)36)27-24(33)20(11-13-22(31)32)28-40(37,38)19-9-6-16(2)7-10-19/h6-7,9-10,14-15,17-18,20,23,28H,5,8,11-13H2,1-4H3,(H,26,34)(H,27,33)(H,29,30)(H,31,32)/b15-14+/t17?,18-,20-,23-/m0/s1. The second kappa shape index (κ2) is 15.5. The summed E-state index contributed by atoms with van der Waals surface area (Å²) in [4.78, 5) is 48.5. The summed E-state index contributed by atoms with van der Waals surface area (Å²) in [6.45, 7) is 5.15. The van der Waals surface area contributed by atoms with Crippen LogP contribution in [0.3, 0.4) is 0 Å². The minimum absolute atomic E-state index is 0.133. The Hall–Kier alpha value is -3.30. The van der Waals surface area contributed by atoms with E-state index in [2.05, 4.69) is 15.4 Å². The van der Waals surface area contributed by atoms with Gasteiger partial charge in [-0.05, 0) is 37.8 Å². The molecule has 0 saturated heterocycles. The summed E-state index contributed by atoms with van der Waals surface area (Å²) in [5.41, 5.74) is 0.801. The maximum atomic E-state index is 13.2. The average molecular weight is 604 g/mol. The van der Waals surface area contributed by atoms with Crippen LogP contribution in [0.5, 0.6) is 0 Å². The van der Waals surface area contributed by atoms with Crippen LogP contribution in [-0.4, -0.2) is 75.2 Å². The minimum atomic E-state index is -4.23. The van der Waals surface area contributed by atoms with E-state index in [0.717, 1.165) is 23.3 Å². The summed E-state index contributed by atoms with van der Waals surface area (Å²) in [7, 11) is -7.82. The third kappa shape index (κ3) is 12.7. The van der Waals surface area contributed by atoms with E-state index in [0.29, 0.717) is 6.42 Å². The number of benzene rings is 1. The summed E-state index contributed by atoms with van der Waals surface area (Å²) in [6.07, 6.45) is 1.00. The summed E-state index contributed by atoms with van der Waals surface area (Å²) in [5.74, 6) is -4.61. The Balaban J connectivity index is 3.23. The molecule has 4 atom stereocenters. The number of aryl methyl sites for hydroxylation is 1. The number of carboxylic acid groups (broad SMARTS) is 2. The van der Waals surface area contributed by atoms with Gasteiger partial charge in [-0.2, -0.15) is 4.72 Å². The van der Waals surface area contributed by atoms with E-state index in [9.17, 15) is 36.0 Å². The van der Waals surface area contributed by atoms with E-state index >= 15 is 0 Å². The van der Waals surface area contributed by atoms with Crippen molar-refractivity contribution in [2.45, 2.75) is 75.9 Å².